The van der Waals surface area contributed by atoms with Crippen LogP contribution < -0.4 is 0 Å². The molecule has 0 saturated carbocycles. The summed E-state index contributed by atoms with van der Waals surface area (Å²) in [7, 11) is 2.83. The molecule has 1 rings (SSSR count). The molecule has 2 atom stereocenters. The fourth-order valence-corrected chi connectivity index (χ4v) is 2.12. The van der Waals surface area contributed by atoms with Gasteiger partial charge in [-0.3, -0.25) is 4.90 Å². The van der Waals surface area contributed by atoms with E-state index in [4.69, 9.17) is 14.2 Å². The average Bonchev–Trinajstić information content (AvgIpc) is 2.34. The zero-order valence-electron chi connectivity index (χ0n) is 12.3. The van der Waals surface area contributed by atoms with Crippen molar-refractivity contribution in [2.24, 2.45) is 0 Å². The summed E-state index contributed by atoms with van der Waals surface area (Å²) in [5.74, 6) is -0.437. The lowest BCUT2D eigenvalue weighted by atomic mass is 10.0. The minimum Gasteiger partial charge on any atom is -0.467 e. The summed E-state index contributed by atoms with van der Waals surface area (Å²) in [5, 5.41) is 0. The van der Waals surface area contributed by atoms with Gasteiger partial charge in [-0.25, -0.2) is 9.59 Å². The summed E-state index contributed by atoms with van der Waals surface area (Å²) >= 11 is 0. The van der Waals surface area contributed by atoms with Crippen LogP contribution in [0.3, 0.4) is 0 Å². The molecule has 6 heteroatoms. The van der Waals surface area contributed by atoms with Gasteiger partial charge in [-0.2, -0.15) is 0 Å². The van der Waals surface area contributed by atoms with Gasteiger partial charge in [0.1, 0.15) is 17.9 Å². The Labute approximate surface area is 114 Å². The molecule has 1 aliphatic heterocycles. The highest BCUT2D eigenvalue weighted by Crippen LogP contribution is 2.26. The van der Waals surface area contributed by atoms with Crippen molar-refractivity contribution in [3.8, 4) is 0 Å². The molecule has 110 valence electrons. The minimum absolute atomic E-state index is 0.437. The minimum atomic E-state index is -0.640. The summed E-state index contributed by atoms with van der Waals surface area (Å²) in [6, 6.07) is -0.640. The van der Waals surface area contributed by atoms with Crippen LogP contribution in [0.5, 0.6) is 0 Å². The summed E-state index contributed by atoms with van der Waals surface area (Å²) < 4.78 is 15.4. The molecule has 0 spiro atoms. The van der Waals surface area contributed by atoms with Gasteiger partial charge in [0.25, 0.3) is 0 Å². The van der Waals surface area contributed by atoms with Crippen molar-refractivity contribution < 1.29 is 23.8 Å². The molecule has 19 heavy (non-hydrogen) atoms. The van der Waals surface area contributed by atoms with E-state index in [2.05, 4.69) is 0 Å². The first-order valence-electron chi connectivity index (χ1n) is 6.42. The van der Waals surface area contributed by atoms with Crippen LogP contribution in [-0.2, 0) is 19.0 Å². The number of carbonyl (C=O) groups is 2. The Morgan fingerprint density at radius 1 is 1.16 bits per heavy atom. The molecular weight excluding hydrogens is 250 g/mol. The Balaban J connectivity index is 2.91. The number of hydrogen-bond acceptors (Lipinski definition) is 5. The van der Waals surface area contributed by atoms with Gasteiger partial charge in [-0.15, -0.1) is 0 Å². The van der Waals surface area contributed by atoms with Gasteiger partial charge in [0.15, 0.2) is 0 Å². The SMILES string of the molecule is COC(=O)[C@H]1CCCC(OC)N1C(=O)OC(C)(C)C. The van der Waals surface area contributed by atoms with Crippen LogP contribution in [0, 0.1) is 0 Å². The van der Waals surface area contributed by atoms with E-state index in [0.29, 0.717) is 12.8 Å². The average molecular weight is 273 g/mol. The van der Waals surface area contributed by atoms with Gasteiger partial charge in [-0.1, -0.05) is 0 Å². The van der Waals surface area contributed by atoms with Gasteiger partial charge in [0.2, 0.25) is 0 Å². The van der Waals surface area contributed by atoms with Crippen molar-refractivity contribution in [3.63, 3.8) is 0 Å². The summed E-state index contributed by atoms with van der Waals surface area (Å²) in [4.78, 5) is 25.4. The molecule has 0 aromatic carbocycles. The predicted molar refractivity (Wildman–Crippen MR) is 68.5 cm³/mol. The predicted octanol–water partition coefficient (Wildman–Crippen LogP) is 1.92. The molecule has 0 aliphatic carbocycles. The second-order valence-corrected chi connectivity index (χ2v) is 5.55. The van der Waals surface area contributed by atoms with Crippen LogP contribution in [0.1, 0.15) is 40.0 Å². The number of methoxy groups -OCH3 is 2. The standard InChI is InChI=1S/C13H23NO5/c1-13(2,3)19-12(16)14-9(11(15)18-5)7-6-8-10(14)17-4/h9-10H,6-8H2,1-5H3/t9-,10?/m1/s1. The summed E-state index contributed by atoms with van der Waals surface area (Å²) in [5.41, 5.74) is -0.618. The maximum absolute atomic E-state index is 12.2. The molecular formula is C13H23NO5. The lowest BCUT2D eigenvalue weighted by Crippen LogP contribution is -2.55. The molecule has 1 heterocycles. The lowest BCUT2D eigenvalue weighted by Gasteiger charge is -2.39. The van der Waals surface area contributed by atoms with Crippen LogP contribution in [0.15, 0.2) is 0 Å². The van der Waals surface area contributed by atoms with Gasteiger partial charge >= 0.3 is 12.1 Å². The van der Waals surface area contributed by atoms with E-state index in [1.807, 2.05) is 0 Å². The first kappa shape index (κ1) is 15.8. The molecule has 6 nitrogen and oxygen atoms in total. The first-order chi connectivity index (χ1) is 8.80. The Bertz CT molecular complexity index is 336. The van der Waals surface area contributed by atoms with Crippen molar-refractivity contribution >= 4 is 12.1 Å². The quantitative estimate of drug-likeness (QED) is 0.719. The highest BCUT2D eigenvalue weighted by atomic mass is 16.6. The number of amides is 1. The summed E-state index contributed by atoms with van der Waals surface area (Å²) in [6.07, 6.45) is 1.05. The number of likely N-dealkylation sites (tertiary alicyclic amines) is 1. The van der Waals surface area contributed by atoms with Gasteiger partial charge in [0.05, 0.1) is 7.11 Å². The van der Waals surface area contributed by atoms with Gasteiger partial charge < -0.3 is 14.2 Å². The number of ether oxygens (including phenoxy) is 3. The van der Waals surface area contributed by atoms with E-state index >= 15 is 0 Å². The van der Waals surface area contributed by atoms with Gasteiger partial charge in [-0.05, 0) is 40.0 Å². The largest absolute Gasteiger partial charge is 0.467 e. The van der Waals surface area contributed by atoms with E-state index in [9.17, 15) is 9.59 Å². The lowest BCUT2D eigenvalue weighted by molar-refractivity contribution is -0.156. The monoisotopic (exact) mass is 273 g/mol. The number of carbonyl (C=O) groups excluding carboxylic acids is 2. The summed E-state index contributed by atoms with van der Waals surface area (Å²) in [6.45, 7) is 5.34. The molecule has 0 aromatic heterocycles. The molecule has 1 unspecified atom stereocenters. The molecule has 0 aromatic rings. The molecule has 1 fully saturated rings. The number of nitrogens with zero attached hydrogens (tertiary/aromatic N) is 1. The molecule has 0 N–H and O–H groups in total. The smallest absolute Gasteiger partial charge is 0.413 e. The Morgan fingerprint density at radius 2 is 1.79 bits per heavy atom. The maximum Gasteiger partial charge on any atom is 0.413 e. The molecule has 1 amide bonds. The number of hydrogen-bond donors (Lipinski definition) is 0. The maximum atomic E-state index is 12.2. The third-order valence-corrected chi connectivity index (χ3v) is 2.92. The van der Waals surface area contributed by atoms with Crippen LogP contribution in [-0.4, -0.2) is 49.1 Å². The van der Waals surface area contributed by atoms with Crippen LogP contribution in [0.4, 0.5) is 4.79 Å². The molecule has 0 radical (unpaired) electrons. The van der Waals surface area contributed by atoms with Gasteiger partial charge in [0, 0.05) is 7.11 Å². The third kappa shape index (κ3) is 4.09. The highest BCUT2D eigenvalue weighted by Gasteiger charge is 2.41. The van der Waals surface area contributed by atoms with Crippen LogP contribution in [0.25, 0.3) is 0 Å². The first-order valence-corrected chi connectivity index (χ1v) is 6.42. The van der Waals surface area contributed by atoms with Crippen molar-refractivity contribution in [1.82, 2.24) is 4.90 Å². The Kier molecular flexibility index (Phi) is 5.17. The molecule has 1 saturated heterocycles. The van der Waals surface area contributed by atoms with E-state index in [1.165, 1.54) is 19.1 Å². The zero-order valence-corrected chi connectivity index (χ0v) is 12.3. The second kappa shape index (κ2) is 6.23. The topological polar surface area (TPSA) is 65.1 Å². The number of esters is 1. The second-order valence-electron chi connectivity index (χ2n) is 5.55. The van der Waals surface area contributed by atoms with Crippen LogP contribution in [0.2, 0.25) is 0 Å². The Morgan fingerprint density at radius 3 is 2.26 bits per heavy atom. The number of piperidine rings is 1. The van der Waals surface area contributed by atoms with Crippen molar-refractivity contribution in [2.75, 3.05) is 14.2 Å². The van der Waals surface area contributed by atoms with E-state index < -0.39 is 29.9 Å². The van der Waals surface area contributed by atoms with E-state index in [1.54, 1.807) is 20.8 Å². The van der Waals surface area contributed by atoms with Crippen molar-refractivity contribution in [2.45, 2.75) is 57.9 Å². The van der Waals surface area contributed by atoms with E-state index in [-0.39, 0.29) is 0 Å². The number of rotatable bonds is 2. The van der Waals surface area contributed by atoms with Crippen LogP contribution >= 0.6 is 0 Å². The zero-order chi connectivity index (χ0) is 14.6. The van der Waals surface area contributed by atoms with E-state index in [0.717, 1.165) is 6.42 Å². The fourth-order valence-electron chi connectivity index (χ4n) is 2.12. The molecule has 1 aliphatic rings. The normalized spacial score (nSPS) is 23.9. The van der Waals surface area contributed by atoms with Crippen molar-refractivity contribution in [1.29, 1.82) is 0 Å². The highest BCUT2D eigenvalue weighted by molar-refractivity contribution is 5.81. The molecule has 0 bridgehead atoms. The third-order valence-electron chi connectivity index (χ3n) is 2.92. The fraction of sp³-hybridized carbons (Fsp3) is 0.846. The van der Waals surface area contributed by atoms with Crippen molar-refractivity contribution in [3.05, 3.63) is 0 Å². The Hall–Kier alpha value is -1.30.